The van der Waals surface area contributed by atoms with Crippen LogP contribution in [0.5, 0.6) is 0 Å². The fraction of sp³-hybridized carbons (Fsp3) is 0.409. The summed E-state index contributed by atoms with van der Waals surface area (Å²) in [7, 11) is 0. The number of aromatic nitrogens is 3. The Bertz CT molecular complexity index is 1090. The Labute approximate surface area is 164 Å². The molecular formula is C22H26N4O2. The molecule has 0 spiro atoms. The Morgan fingerprint density at radius 3 is 2.50 bits per heavy atom. The van der Waals surface area contributed by atoms with Crippen LogP contribution in [0.3, 0.4) is 0 Å². The van der Waals surface area contributed by atoms with Crippen LogP contribution < -0.4 is 10.9 Å². The van der Waals surface area contributed by atoms with E-state index in [-0.39, 0.29) is 24.1 Å². The first kappa shape index (κ1) is 18.5. The molecule has 1 fully saturated rings. The molecule has 1 saturated carbocycles. The summed E-state index contributed by atoms with van der Waals surface area (Å²) in [6.07, 6.45) is 5.85. The fourth-order valence-electron chi connectivity index (χ4n) is 4.11. The molecule has 1 aromatic carbocycles. The van der Waals surface area contributed by atoms with Gasteiger partial charge >= 0.3 is 0 Å². The van der Waals surface area contributed by atoms with Gasteiger partial charge in [0.25, 0.3) is 5.56 Å². The zero-order valence-electron chi connectivity index (χ0n) is 16.7. The lowest BCUT2D eigenvalue weighted by Crippen LogP contribution is -2.37. The maximum absolute atomic E-state index is 13.1. The molecule has 1 aliphatic rings. The minimum absolute atomic E-state index is 0.00642. The Kier molecular flexibility index (Phi) is 4.79. The van der Waals surface area contributed by atoms with Crippen LogP contribution in [0, 0.1) is 20.8 Å². The van der Waals surface area contributed by atoms with Gasteiger partial charge in [0.05, 0.1) is 5.39 Å². The lowest BCUT2D eigenvalue weighted by molar-refractivity contribution is -0.122. The van der Waals surface area contributed by atoms with Crippen LogP contribution in [0.4, 0.5) is 0 Å². The van der Waals surface area contributed by atoms with Crippen molar-refractivity contribution in [1.29, 1.82) is 0 Å². The third kappa shape index (κ3) is 3.23. The normalized spacial score (nSPS) is 14.7. The molecule has 3 aromatic rings. The Morgan fingerprint density at radius 2 is 1.82 bits per heavy atom. The predicted molar refractivity (Wildman–Crippen MR) is 110 cm³/mol. The van der Waals surface area contributed by atoms with Gasteiger partial charge < -0.3 is 5.32 Å². The number of carbonyl (C=O) groups is 1. The summed E-state index contributed by atoms with van der Waals surface area (Å²) in [6, 6.07) is 8.40. The molecule has 6 heteroatoms. The standard InChI is InChI=1S/C22H26N4O2/c1-14-8-10-18(11-9-14)26-16(3)15(2)20-21(26)23-13-25(22(20)28)12-19(27)24-17-6-4-5-7-17/h8-11,13,17H,4-7,12H2,1-3H3,(H,24,27). The van der Waals surface area contributed by atoms with Gasteiger partial charge in [0.2, 0.25) is 5.91 Å². The van der Waals surface area contributed by atoms with E-state index >= 15 is 0 Å². The van der Waals surface area contributed by atoms with Gasteiger partial charge in [-0.3, -0.25) is 18.7 Å². The Morgan fingerprint density at radius 1 is 1.14 bits per heavy atom. The topological polar surface area (TPSA) is 68.9 Å². The van der Waals surface area contributed by atoms with Crippen molar-refractivity contribution >= 4 is 16.9 Å². The van der Waals surface area contributed by atoms with E-state index in [0.29, 0.717) is 11.0 Å². The minimum atomic E-state index is -0.168. The molecule has 28 heavy (non-hydrogen) atoms. The van der Waals surface area contributed by atoms with E-state index in [9.17, 15) is 9.59 Å². The number of amides is 1. The van der Waals surface area contributed by atoms with Crippen molar-refractivity contribution in [3.63, 3.8) is 0 Å². The number of aryl methyl sites for hydroxylation is 2. The second-order valence-electron chi connectivity index (χ2n) is 7.81. The van der Waals surface area contributed by atoms with Crippen molar-refractivity contribution < 1.29 is 4.79 Å². The van der Waals surface area contributed by atoms with Gasteiger partial charge in [0.15, 0.2) is 5.65 Å². The molecule has 146 valence electrons. The monoisotopic (exact) mass is 378 g/mol. The van der Waals surface area contributed by atoms with E-state index in [1.54, 1.807) is 0 Å². The maximum atomic E-state index is 13.1. The highest BCUT2D eigenvalue weighted by atomic mass is 16.2. The smallest absolute Gasteiger partial charge is 0.263 e. The maximum Gasteiger partial charge on any atom is 0.263 e. The van der Waals surface area contributed by atoms with Gasteiger partial charge in [-0.2, -0.15) is 0 Å². The summed E-state index contributed by atoms with van der Waals surface area (Å²) in [5.74, 6) is -0.123. The molecule has 6 nitrogen and oxygen atoms in total. The molecule has 1 N–H and O–H groups in total. The van der Waals surface area contributed by atoms with Crippen LogP contribution in [-0.2, 0) is 11.3 Å². The van der Waals surface area contributed by atoms with E-state index in [4.69, 9.17) is 0 Å². The van der Waals surface area contributed by atoms with Crippen molar-refractivity contribution in [2.45, 2.75) is 59.0 Å². The van der Waals surface area contributed by atoms with Crippen LogP contribution in [0.15, 0.2) is 35.4 Å². The minimum Gasteiger partial charge on any atom is -0.352 e. The van der Waals surface area contributed by atoms with Crippen molar-refractivity contribution in [2.24, 2.45) is 0 Å². The molecule has 0 radical (unpaired) electrons. The van der Waals surface area contributed by atoms with Crippen LogP contribution in [0.1, 0.15) is 42.5 Å². The zero-order valence-corrected chi connectivity index (χ0v) is 16.7. The van der Waals surface area contributed by atoms with Gasteiger partial charge in [-0.05, 0) is 51.3 Å². The molecule has 1 amide bonds. The summed E-state index contributed by atoms with van der Waals surface area (Å²) >= 11 is 0. The summed E-state index contributed by atoms with van der Waals surface area (Å²) in [5, 5.41) is 3.61. The van der Waals surface area contributed by atoms with Crippen molar-refractivity contribution in [2.75, 3.05) is 0 Å². The molecule has 0 saturated heterocycles. The van der Waals surface area contributed by atoms with E-state index < -0.39 is 0 Å². The molecular weight excluding hydrogens is 352 g/mol. The number of benzene rings is 1. The van der Waals surface area contributed by atoms with Gasteiger partial charge in [-0.25, -0.2) is 4.98 Å². The second kappa shape index (κ2) is 7.26. The number of carbonyl (C=O) groups excluding carboxylic acids is 1. The number of fused-ring (bicyclic) bond motifs is 1. The van der Waals surface area contributed by atoms with E-state index in [0.717, 1.165) is 42.6 Å². The van der Waals surface area contributed by atoms with Crippen LogP contribution >= 0.6 is 0 Å². The fourth-order valence-corrected chi connectivity index (χ4v) is 4.11. The number of hydrogen-bond donors (Lipinski definition) is 1. The summed E-state index contributed by atoms with van der Waals surface area (Å²) in [5.41, 5.74) is 4.51. The number of hydrogen-bond acceptors (Lipinski definition) is 3. The van der Waals surface area contributed by atoms with Crippen molar-refractivity contribution in [3.8, 4) is 5.69 Å². The average molecular weight is 378 g/mol. The van der Waals surface area contributed by atoms with Gasteiger partial charge in [-0.15, -0.1) is 0 Å². The quantitative estimate of drug-likeness (QED) is 0.758. The molecule has 0 bridgehead atoms. The highest BCUT2D eigenvalue weighted by molar-refractivity contribution is 5.83. The van der Waals surface area contributed by atoms with Crippen LogP contribution in [0.25, 0.3) is 16.7 Å². The Balaban J connectivity index is 1.71. The highest BCUT2D eigenvalue weighted by Gasteiger charge is 2.20. The third-order valence-electron chi connectivity index (χ3n) is 5.81. The molecule has 0 atom stereocenters. The molecule has 2 heterocycles. The Hall–Kier alpha value is -2.89. The summed E-state index contributed by atoms with van der Waals surface area (Å²) in [6.45, 7) is 5.98. The molecule has 0 unspecified atom stereocenters. The third-order valence-corrected chi connectivity index (χ3v) is 5.81. The van der Waals surface area contributed by atoms with E-state index in [2.05, 4.69) is 10.3 Å². The largest absolute Gasteiger partial charge is 0.352 e. The van der Waals surface area contributed by atoms with Gasteiger partial charge in [0.1, 0.15) is 12.9 Å². The SMILES string of the molecule is Cc1ccc(-n2c(C)c(C)c3c(=O)n(CC(=O)NC4CCCC4)cnc32)cc1. The molecule has 1 aliphatic carbocycles. The zero-order chi connectivity index (χ0) is 19.8. The van der Waals surface area contributed by atoms with Gasteiger partial charge in [-0.1, -0.05) is 30.5 Å². The predicted octanol–water partition coefficient (Wildman–Crippen LogP) is 3.17. The van der Waals surface area contributed by atoms with Crippen LogP contribution in [-0.4, -0.2) is 26.1 Å². The number of nitrogens with one attached hydrogen (secondary N) is 1. The lowest BCUT2D eigenvalue weighted by Gasteiger charge is -2.13. The van der Waals surface area contributed by atoms with Crippen molar-refractivity contribution in [1.82, 2.24) is 19.4 Å². The second-order valence-corrected chi connectivity index (χ2v) is 7.81. The van der Waals surface area contributed by atoms with E-state index in [1.807, 2.05) is 49.6 Å². The highest BCUT2D eigenvalue weighted by Crippen LogP contribution is 2.25. The first-order valence-electron chi connectivity index (χ1n) is 9.89. The molecule has 4 rings (SSSR count). The first-order valence-corrected chi connectivity index (χ1v) is 9.89. The average Bonchev–Trinajstić information content (AvgIpc) is 3.26. The first-order chi connectivity index (χ1) is 13.5. The van der Waals surface area contributed by atoms with E-state index in [1.165, 1.54) is 16.5 Å². The molecule has 0 aliphatic heterocycles. The summed E-state index contributed by atoms with van der Waals surface area (Å²) in [4.78, 5) is 30.0. The number of nitrogens with zero attached hydrogens (tertiary/aromatic N) is 3. The lowest BCUT2D eigenvalue weighted by atomic mass is 10.2. The van der Waals surface area contributed by atoms with Gasteiger partial charge in [0, 0.05) is 17.4 Å². The number of rotatable bonds is 4. The van der Waals surface area contributed by atoms with Crippen LogP contribution in [0.2, 0.25) is 0 Å². The molecule has 2 aromatic heterocycles. The van der Waals surface area contributed by atoms with Crippen molar-refractivity contribution in [3.05, 3.63) is 57.8 Å². The summed E-state index contributed by atoms with van der Waals surface area (Å²) < 4.78 is 3.42.